The summed E-state index contributed by atoms with van der Waals surface area (Å²) in [6.07, 6.45) is 3.29. The summed E-state index contributed by atoms with van der Waals surface area (Å²) in [7, 11) is 1.77. The van der Waals surface area contributed by atoms with E-state index in [-0.39, 0.29) is 11.4 Å². The van der Waals surface area contributed by atoms with Gasteiger partial charge in [-0.25, -0.2) is 14.8 Å². The van der Waals surface area contributed by atoms with E-state index in [0.29, 0.717) is 12.2 Å². The van der Waals surface area contributed by atoms with Crippen molar-refractivity contribution >= 4 is 23.1 Å². The van der Waals surface area contributed by atoms with E-state index in [1.54, 1.807) is 35.7 Å². The minimum absolute atomic E-state index is 0.101. The number of nitrogens with one attached hydrogen (secondary N) is 1. The minimum Gasteiger partial charge on any atom is -0.322 e. The second-order valence-electron chi connectivity index (χ2n) is 6.34. The van der Waals surface area contributed by atoms with Crippen LogP contribution in [0.15, 0.2) is 24.5 Å². The summed E-state index contributed by atoms with van der Waals surface area (Å²) in [5.41, 5.74) is 0.503. The van der Waals surface area contributed by atoms with Crippen LogP contribution in [0.5, 0.6) is 0 Å². The third-order valence-electron chi connectivity index (χ3n) is 3.11. The van der Waals surface area contributed by atoms with Crippen LogP contribution in [0.25, 0.3) is 0 Å². The summed E-state index contributed by atoms with van der Waals surface area (Å²) >= 11 is 1.70. The lowest BCUT2D eigenvalue weighted by atomic mass is 9.96. The molecule has 0 fully saturated rings. The van der Waals surface area contributed by atoms with Crippen molar-refractivity contribution in [1.29, 1.82) is 0 Å². The smallest absolute Gasteiger partial charge is 0.321 e. The molecule has 118 valence electrons. The number of hydrogen-bond donors (Lipinski definition) is 1. The Bertz CT molecular complexity index is 643. The van der Waals surface area contributed by atoms with Gasteiger partial charge >= 0.3 is 6.03 Å². The van der Waals surface area contributed by atoms with Crippen LogP contribution in [-0.2, 0) is 12.0 Å². The fourth-order valence-corrected chi connectivity index (χ4v) is 2.82. The average molecular weight is 318 g/mol. The summed E-state index contributed by atoms with van der Waals surface area (Å²) in [5.74, 6) is 0.757. The van der Waals surface area contributed by atoms with Gasteiger partial charge in [-0.05, 0) is 19.1 Å². The van der Waals surface area contributed by atoms with Crippen LogP contribution in [0.2, 0.25) is 0 Å². The molecular weight excluding hydrogens is 296 g/mol. The van der Waals surface area contributed by atoms with Crippen molar-refractivity contribution in [2.24, 2.45) is 0 Å². The molecule has 0 aliphatic rings. The Kier molecular flexibility index (Phi) is 4.81. The zero-order valence-corrected chi connectivity index (χ0v) is 14.5. The molecule has 0 aromatic carbocycles. The van der Waals surface area contributed by atoms with Crippen molar-refractivity contribution in [3.05, 3.63) is 40.1 Å². The Labute approximate surface area is 135 Å². The van der Waals surface area contributed by atoms with E-state index in [4.69, 9.17) is 0 Å². The third-order valence-corrected chi connectivity index (χ3v) is 4.10. The predicted molar refractivity (Wildman–Crippen MR) is 90.3 cm³/mol. The minimum atomic E-state index is -0.168. The molecule has 0 saturated carbocycles. The van der Waals surface area contributed by atoms with E-state index < -0.39 is 0 Å². The van der Waals surface area contributed by atoms with Crippen molar-refractivity contribution in [1.82, 2.24) is 14.9 Å². The molecule has 2 aromatic rings. The fraction of sp³-hybridized carbons (Fsp3) is 0.438. The molecule has 2 aromatic heterocycles. The zero-order valence-electron chi connectivity index (χ0n) is 13.7. The number of hydrogen-bond acceptors (Lipinski definition) is 4. The summed E-state index contributed by atoms with van der Waals surface area (Å²) in [6, 6.07) is 3.94. The number of nitrogens with zero attached hydrogens (tertiary/aromatic N) is 3. The summed E-state index contributed by atoms with van der Waals surface area (Å²) in [4.78, 5) is 24.8. The number of carbonyl (C=O) groups is 1. The lowest BCUT2D eigenvalue weighted by Gasteiger charge is -2.18. The van der Waals surface area contributed by atoms with E-state index in [1.165, 1.54) is 4.88 Å². The molecule has 0 aliphatic carbocycles. The van der Waals surface area contributed by atoms with Crippen molar-refractivity contribution in [2.75, 3.05) is 12.4 Å². The molecule has 2 amide bonds. The maximum atomic E-state index is 12.2. The lowest BCUT2D eigenvalue weighted by Crippen LogP contribution is -2.30. The highest BCUT2D eigenvalue weighted by Gasteiger charge is 2.17. The summed E-state index contributed by atoms with van der Waals surface area (Å²) in [6.45, 7) is 8.81. The summed E-state index contributed by atoms with van der Waals surface area (Å²) < 4.78 is 0. The van der Waals surface area contributed by atoms with Crippen molar-refractivity contribution in [2.45, 2.75) is 39.7 Å². The number of amides is 2. The highest BCUT2D eigenvalue weighted by molar-refractivity contribution is 7.11. The van der Waals surface area contributed by atoms with Gasteiger partial charge in [0.2, 0.25) is 0 Å². The molecule has 22 heavy (non-hydrogen) atoms. The van der Waals surface area contributed by atoms with Gasteiger partial charge in [-0.15, -0.1) is 11.3 Å². The van der Waals surface area contributed by atoms with Gasteiger partial charge in [0.1, 0.15) is 5.82 Å². The van der Waals surface area contributed by atoms with E-state index >= 15 is 0 Å². The molecule has 6 heteroatoms. The fourth-order valence-electron chi connectivity index (χ4n) is 1.87. The number of aromatic nitrogens is 2. The average Bonchev–Trinajstić information content (AvgIpc) is 2.83. The number of rotatable bonds is 3. The van der Waals surface area contributed by atoms with E-state index in [9.17, 15) is 4.79 Å². The molecule has 0 saturated heterocycles. The molecule has 2 rings (SSSR count). The van der Waals surface area contributed by atoms with Crippen LogP contribution in [0.4, 0.5) is 10.5 Å². The van der Waals surface area contributed by atoms with Crippen LogP contribution in [0, 0.1) is 6.92 Å². The van der Waals surface area contributed by atoms with Crippen LogP contribution < -0.4 is 5.32 Å². The van der Waals surface area contributed by atoms with E-state index in [1.807, 2.05) is 6.07 Å². The van der Waals surface area contributed by atoms with Crippen LogP contribution >= 0.6 is 11.3 Å². The van der Waals surface area contributed by atoms with Crippen LogP contribution in [-0.4, -0.2) is 27.9 Å². The Balaban J connectivity index is 1.96. The highest BCUT2D eigenvalue weighted by Crippen LogP contribution is 2.19. The lowest BCUT2D eigenvalue weighted by molar-refractivity contribution is 0.221. The van der Waals surface area contributed by atoms with E-state index in [0.717, 1.165) is 10.7 Å². The Morgan fingerprint density at radius 1 is 1.27 bits per heavy atom. The second kappa shape index (κ2) is 6.44. The van der Waals surface area contributed by atoms with Gasteiger partial charge in [0, 0.05) is 22.2 Å². The number of carbonyl (C=O) groups excluding carboxylic acids is 1. The van der Waals surface area contributed by atoms with Gasteiger partial charge in [-0.3, -0.25) is 0 Å². The molecule has 1 N–H and O–H groups in total. The standard InChI is InChI=1S/C16H22N4OS/c1-11-6-7-13(22-11)10-20(5)15(21)19-12-8-17-14(18-9-12)16(2,3)4/h6-9H,10H2,1-5H3,(H,19,21). The Morgan fingerprint density at radius 2 is 1.91 bits per heavy atom. The molecule has 5 nitrogen and oxygen atoms in total. The maximum Gasteiger partial charge on any atom is 0.321 e. The molecule has 2 heterocycles. The first-order valence-electron chi connectivity index (χ1n) is 7.15. The van der Waals surface area contributed by atoms with Crippen molar-refractivity contribution in [3.63, 3.8) is 0 Å². The molecule has 0 atom stereocenters. The quantitative estimate of drug-likeness (QED) is 0.936. The van der Waals surface area contributed by atoms with Gasteiger partial charge in [0.15, 0.2) is 0 Å². The first-order chi connectivity index (χ1) is 10.3. The van der Waals surface area contributed by atoms with Gasteiger partial charge in [-0.2, -0.15) is 0 Å². The predicted octanol–water partition coefficient (Wildman–Crippen LogP) is 3.81. The SMILES string of the molecule is Cc1ccc(CN(C)C(=O)Nc2cnc(C(C)(C)C)nc2)s1. The normalized spacial score (nSPS) is 11.3. The largest absolute Gasteiger partial charge is 0.322 e. The second-order valence-corrected chi connectivity index (χ2v) is 7.72. The molecule has 0 unspecified atom stereocenters. The van der Waals surface area contributed by atoms with Gasteiger partial charge < -0.3 is 10.2 Å². The monoisotopic (exact) mass is 318 g/mol. The molecule has 0 radical (unpaired) electrons. The highest BCUT2D eigenvalue weighted by atomic mass is 32.1. The Hall–Kier alpha value is -1.95. The van der Waals surface area contributed by atoms with Gasteiger partial charge in [0.25, 0.3) is 0 Å². The Morgan fingerprint density at radius 3 is 2.41 bits per heavy atom. The number of urea groups is 1. The van der Waals surface area contributed by atoms with Crippen LogP contribution in [0.1, 0.15) is 36.3 Å². The third kappa shape index (κ3) is 4.27. The first kappa shape index (κ1) is 16.4. The molecule has 0 spiro atoms. The van der Waals surface area contributed by atoms with Crippen molar-refractivity contribution < 1.29 is 4.79 Å². The maximum absolute atomic E-state index is 12.2. The number of thiophene rings is 1. The molecule has 0 bridgehead atoms. The first-order valence-corrected chi connectivity index (χ1v) is 7.97. The van der Waals surface area contributed by atoms with E-state index in [2.05, 4.69) is 49.0 Å². The summed E-state index contributed by atoms with van der Waals surface area (Å²) in [5, 5.41) is 2.81. The van der Waals surface area contributed by atoms with Gasteiger partial charge in [-0.1, -0.05) is 20.8 Å². The molecular formula is C16H22N4OS. The van der Waals surface area contributed by atoms with Crippen LogP contribution in [0.3, 0.4) is 0 Å². The topological polar surface area (TPSA) is 58.1 Å². The zero-order chi connectivity index (χ0) is 16.3. The number of anilines is 1. The van der Waals surface area contributed by atoms with Gasteiger partial charge in [0.05, 0.1) is 24.6 Å². The molecule has 0 aliphatic heterocycles. The number of aryl methyl sites for hydroxylation is 1. The van der Waals surface area contributed by atoms with Crippen molar-refractivity contribution in [3.8, 4) is 0 Å².